The van der Waals surface area contributed by atoms with Gasteiger partial charge >= 0.3 is 0 Å². The second-order valence-corrected chi connectivity index (χ2v) is 8.70. The molecule has 1 aromatic heterocycles. The largest absolute Gasteiger partial charge is 0.381 e. The van der Waals surface area contributed by atoms with Crippen LogP contribution in [0, 0.1) is 17.7 Å². The summed E-state index contributed by atoms with van der Waals surface area (Å²) in [4.78, 5) is 31.3. The van der Waals surface area contributed by atoms with Crippen molar-refractivity contribution in [2.75, 3.05) is 31.6 Å². The lowest BCUT2D eigenvalue weighted by Gasteiger charge is -2.35. The molecule has 0 saturated carbocycles. The number of hydrogen-bond acceptors (Lipinski definition) is 4. The SMILES string of the molecule is O=C(Nc1cc(CCC2CCN(C(=O)C3CCOCC3)CC2)ccn1)c1ccc(F)cc1. The average molecular weight is 440 g/mol. The fourth-order valence-electron chi connectivity index (χ4n) is 4.50. The summed E-state index contributed by atoms with van der Waals surface area (Å²) in [7, 11) is 0. The van der Waals surface area contributed by atoms with E-state index in [1.807, 2.05) is 17.0 Å². The minimum absolute atomic E-state index is 0.139. The van der Waals surface area contributed by atoms with Gasteiger partial charge in [0, 0.05) is 44.0 Å². The highest BCUT2D eigenvalue weighted by atomic mass is 19.1. The molecule has 7 heteroatoms. The molecular weight excluding hydrogens is 409 g/mol. The van der Waals surface area contributed by atoms with Crippen LogP contribution in [0.1, 0.15) is 48.0 Å². The van der Waals surface area contributed by atoms with Gasteiger partial charge in [0.2, 0.25) is 5.91 Å². The standard InChI is InChI=1S/C25H30FN3O3/c26-22-5-3-20(4-6-22)24(30)28-23-17-19(7-12-27-23)2-1-18-8-13-29(14-9-18)25(31)21-10-15-32-16-11-21/h3-7,12,17-18,21H,1-2,8-11,13-16H2,(H,27,28,30). The number of amides is 2. The van der Waals surface area contributed by atoms with Crippen molar-refractivity contribution in [2.24, 2.45) is 11.8 Å². The maximum Gasteiger partial charge on any atom is 0.256 e. The Morgan fingerprint density at radius 3 is 2.50 bits per heavy atom. The summed E-state index contributed by atoms with van der Waals surface area (Å²) in [6.45, 7) is 3.09. The van der Waals surface area contributed by atoms with Gasteiger partial charge in [0.15, 0.2) is 0 Å². The Morgan fingerprint density at radius 2 is 1.78 bits per heavy atom. The van der Waals surface area contributed by atoms with Crippen molar-refractivity contribution in [3.05, 3.63) is 59.5 Å². The van der Waals surface area contributed by atoms with Gasteiger partial charge in [-0.15, -0.1) is 0 Å². The van der Waals surface area contributed by atoms with Crippen molar-refractivity contribution in [1.82, 2.24) is 9.88 Å². The number of piperidine rings is 1. The molecule has 2 aliphatic rings. The first-order chi connectivity index (χ1) is 15.6. The average Bonchev–Trinajstić information content (AvgIpc) is 2.84. The number of ether oxygens (including phenoxy) is 1. The molecule has 3 heterocycles. The zero-order valence-corrected chi connectivity index (χ0v) is 18.3. The van der Waals surface area contributed by atoms with Gasteiger partial charge in [0.25, 0.3) is 5.91 Å². The van der Waals surface area contributed by atoms with E-state index in [4.69, 9.17) is 4.74 Å². The molecule has 2 saturated heterocycles. The molecule has 2 fully saturated rings. The smallest absolute Gasteiger partial charge is 0.256 e. The number of nitrogens with one attached hydrogen (secondary N) is 1. The van der Waals surface area contributed by atoms with Gasteiger partial charge in [0.05, 0.1) is 0 Å². The molecule has 0 aliphatic carbocycles. The zero-order chi connectivity index (χ0) is 22.3. The van der Waals surface area contributed by atoms with Crippen LogP contribution in [-0.4, -0.2) is 48.0 Å². The molecule has 4 rings (SSSR count). The molecule has 0 unspecified atom stereocenters. The van der Waals surface area contributed by atoms with Gasteiger partial charge in [0.1, 0.15) is 11.6 Å². The number of carbonyl (C=O) groups excluding carboxylic acids is 2. The van der Waals surface area contributed by atoms with Gasteiger partial charge in [-0.25, -0.2) is 9.37 Å². The van der Waals surface area contributed by atoms with Crippen molar-refractivity contribution in [3.63, 3.8) is 0 Å². The fourth-order valence-corrected chi connectivity index (χ4v) is 4.50. The van der Waals surface area contributed by atoms with Gasteiger partial charge in [-0.3, -0.25) is 9.59 Å². The van der Waals surface area contributed by atoms with Crippen LogP contribution in [0.15, 0.2) is 42.6 Å². The lowest BCUT2D eigenvalue weighted by atomic mass is 9.89. The maximum absolute atomic E-state index is 13.0. The number of nitrogens with zero attached hydrogens (tertiary/aromatic N) is 2. The van der Waals surface area contributed by atoms with E-state index in [2.05, 4.69) is 10.3 Å². The number of aromatic nitrogens is 1. The maximum atomic E-state index is 13.0. The number of carbonyl (C=O) groups is 2. The number of benzene rings is 1. The van der Waals surface area contributed by atoms with Crippen molar-refractivity contribution >= 4 is 17.6 Å². The Bertz CT molecular complexity index is 920. The van der Waals surface area contributed by atoms with E-state index in [1.54, 1.807) is 6.20 Å². The molecule has 0 bridgehead atoms. The molecule has 0 atom stereocenters. The first-order valence-electron chi connectivity index (χ1n) is 11.5. The number of pyridine rings is 1. The summed E-state index contributed by atoms with van der Waals surface area (Å²) >= 11 is 0. The van der Waals surface area contributed by atoms with E-state index in [0.717, 1.165) is 57.2 Å². The normalized spacial score (nSPS) is 17.8. The number of rotatable bonds is 6. The predicted octanol–water partition coefficient (Wildman–Crippen LogP) is 4.07. The minimum atomic E-state index is -0.375. The zero-order valence-electron chi connectivity index (χ0n) is 18.3. The van der Waals surface area contributed by atoms with E-state index in [9.17, 15) is 14.0 Å². The summed E-state index contributed by atoms with van der Waals surface area (Å²) in [5.41, 5.74) is 1.51. The lowest BCUT2D eigenvalue weighted by Crippen LogP contribution is -2.43. The molecule has 1 aromatic carbocycles. The molecule has 2 aromatic rings. The second kappa shape index (κ2) is 10.7. The number of likely N-dealkylation sites (tertiary alicyclic amines) is 1. The molecule has 0 spiro atoms. The van der Waals surface area contributed by atoms with E-state index >= 15 is 0 Å². The number of aryl methyl sites for hydroxylation is 1. The highest BCUT2D eigenvalue weighted by molar-refractivity contribution is 6.03. The molecule has 2 amide bonds. The van der Waals surface area contributed by atoms with Crippen molar-refractivity contribution < 1.29 is 18.7 Å². The first kappa shape index (κ1) is 22.4. The summed E-state index contributed by atoms with van der Waals surface area (Å²) in [6.07, 6.45) is 7.42. The molecule has 6 nitrogen and oxygen atoms in total. The summed E-state index contributed by atoms with van der Waals surface area (Å²) < 4.78 is 18.4. The van der Waals surface area contributed by atoms with Crippen LogP contribution in [0.4, 0.5) is 10.2 Å². The van der Waals surface area contributed by atoms with E-state index in [-0.39, 0.29) is 17.6 Å². The van der Waals surface area contributed by atoms with E-state index < -0.39 is 0 Å². The third-order valence-electron chi connectivity index (χ3n) is 6.51. The van der Waals surface area contributed by atoms with Crippen LogP contribution in [-0.2, 0) is 16.0 Å². The van der Waals surface area contributed by atoms with Crippen molar-refractivity contribution in [1.29, 1.82) is 0 Å². The van der Waals surface area contributed by atoms with Gasteiger partial charge < -0.3 is 15.0 Å². The highest BCUT2D eigenvalue weighted by Crippen LogP contribution is 2.26. The van der Waals surface area contributed by atoms with Gasteiger partial charge in [-0.1, -0.05) is 0 Å². The van der Waals surface area contributed by atoms with E-state index in [0.29, 0.717) is 36.4 Å². The van der Waals surface area contributed by atoms with Crippen LogP contribution in [0.5, 0.6) is 0 Å². The molecular formula is C25H30FN3O3. The molecule has 2 aliphatic heterocycles. The molecule has 1 N–H and O–H groups in total. The summed E-state index contributed by atoms with van der Waals surface area (Å²) in [5, 5.41) is 2.78. The molecule has 170 valence electrons. The monoisotopic (exact) mass is 439 g/mol. The van der Waals surface area contributed by atoms with Crippen molar-refractivity contribution in [2.45, 2.75) is 38.5 Å². The van der Waals surface area contributed by atoms with Gasteiger partial charge in [-0.05, 0) is 86.4 Å². The second-order valence-electron chi connectivity index (χ2n) is 8.70. The lowest BCUT2D eigenvalue weighted by molar-refractivity contribution is -0.140. The quantitative estimate of drug-likeness (QED) is 0.737. The minimum Gasteiger partial charge on any atom is -0.381 e. The Labute approximate surface area is 188 Å². The molecule has 32 heavy (non-hydrogen) atoms. The summed E-state index contributed by atoms with van der Waals surface area (Å²) in [6, 6.07) is 9.30. The number of halogens is 1. The number of hydrogen-bond donors (Lipinski definition) is 1. The third kappa shape index (κ3) is 5.91. The van der Waals surface area contributed by atoms with Crippen LogP contribution in [0.3, 0.4) is 0 Å². The topological polar surface area (TPSA) is 71.5 Å². The highest BCUT2D eigenvalue weighted by Gasteiger charge is 2.29. The first-order valence-corrected chi connectivity index (χ1v) is 11.5. The van der Waals surface area contributed by atoms with Crippen LogP contribution < -0.4 is 5.32 Å². The number of anilines is 1. The Morgan fingerprint density at radius 1 is 1.06 bits per heavy atom. The summed E-state index contributed by atoms with van der Waals surface area (Å²) in [5.74, 6) is 0.854. The third-order valence-corrected chi connectivity index (χ3v) is 6.51. The van der Waals surface area contributed by atoms with E-state index in [1.165, 1.54) is 24.3 Å². The Balaban J connectivity index is 1.23. The Kier molecular flexibility index (Phi) is 7.47. The van der Waals surface area contributed by atoms with Crippen molar-refractivity contribution in [3.8, 4) is 0 Å². The predicted molar refractivity (Wildman–Crippen MR) is 120 cm³/mol. The Hall–Kier alpha value is -2.80. The van der Waals surface area contributed by atoms with Gasteiger partial charge in [-0.2, -0.15) is 0 Å². The molecule has 0 radical (unpaired) electrons. The van der Waals surface area contributed by atoms with Crippen LogP contribution >= 0.6 is 0 Å². The van der Waals surface area contributed by atoms with Crippen LogP contribution in [0.25, 0.3) is 0 Å². The van der Waals surface area contributed by atoms with Crippen LogP contribution in [0.2, 0.25) is 0 Å². The fraction of sp³-hybridized carbons (Fsp3) is 0.480.